The molecular formula is C19H27N3O2S. The fourth-order valence-electron chi connectivity index (χ4n) is 4.42. The lowest BCUT2D eigenvalue weighted by Gasteiger charge is -2.38. The Hall–Kier alpha value is -1.58. The van der Waals surface area contributed by atoms with E-state index in [1.165, 1.54) is 25.7 Å². The van der Waals surface area contributed by atoms with Gasteiger partial charge in [-0.1, -0.05) is 6.92 Å². The van der Waals surface area contributed by atoms with E-state index in [0.29, 0.717) is 12.1 Å². The normalized spacial score (nSPS) is 26.8. The first kappa shape index (κ1) is 18.2. The molecular weight excluding hydrogens is 334 g/mol. The van der Waals surface area contributed by atoms with Crippen molar-refractivity contribution in [3.63, 3.8) is 0 Å². The Kier molecular flexibility index (Phi) is 5.98. The van der Waals surface area contributed by atoms with Crippen molar-refractivity contribution >= 4 is 17.2 Å². The van der Waals surface area contributed by atoms with Crippen LogP contribution in [0.25, 0.3) is 0 Å². The number of amides is 1. The maximum absolute atomic E-state index is 12.0. The van der Waals surface area contributed by atoms with Gasteiger partial charge >= 0.3 is 0 Å². The number of nitrogens with zero attached hydrogens (tertiary/aromatic N) is 2. The maximum atomic E-state index is 12.0. The zero-order valence-electron chi connectivity index (χ0n) is 15.0. The summed E-state index contributed by atoms with van der Waals surface area (Å²) in [7, 11) is 1.66. The van der Waals surface area contributed by atoms with Crippen molar-refractivity contribution in [3.05, 3.63) is 17.0 Å². The van der Waals surface area contributed by atoms with Crippen molar-refractivity contribution in [1.29, 1.82) is 5.26 Å². The lowest BCUT2D eigenvalue weighted by Crippen LogP contribution is -2.43. The zero-order chi connectivity index (χ0) is 17.8. The highest BCUT2D eigenvalue weighted by atomic mass is 32.1. The van der Waals surface area contributed by atoms with Crippen LogP contribution in [0, 0.1) is 17.2 Å². The van der Waals surface area contributed by atoms with Crippen LogP contribution in [0.15, 0.2) is 12.1 Å². The van der Waals surface area contributed by atoms with Gasteiger partial charge in [0.25, 0.3) is 0 Å². The zero-order valence-corrected chi connectivity index (χ0v) is 15.8. The highest BCUT2D eigenvalue weighted by Gasteiger charge is 2.39. The smallest absolute Gasteiger partial charge is 0.234 e. The minimum absolute atomic E-state index is 0.0477. The summed E-state index contributed by atoms with van der Waals surface area (Å²) in [6.45, 7) is 3.37. The van der Waals surface area contributed by atoms with E-state index in [-0.39, 0.29) is 18.4 Å². The van der Waals surface area contributed by atoms with E-state index in [4.69, 9.17) is 10.00 Å². The minimum Gasteiger partial charge on any atom is -0.487 e. The monoisotopic (exact) mass is 361 g/mol. The summed E-state index contributed by atoms with van der Waals surface area (Å²) >= 11 is 1.57. The first-order valence-electron chi connectivity index (χ1n) is 9.16. The van der Waals surface area contributed by atoms with Crippen LogP contribution in [0.1, 0.15) is 56.4 Å². The molecule has 1 amide bonds. The molecule has 0 aliphatic carbocycles. The van der Waals surface area contributed by atoms with Gasteiger partial charge in [-0.05, 0) is 50.2 Å². The van der Waals surface area contributed by atoms with Gasteiger partial charge < -0.3 is 10.1 Å². The number of nitriles is 1. The standard InChI is InChI=1S/C19H27N3O2S/c1-13-11-14-3-4-15(12-13)22(14)10-8-16(21-18(23)7-9-20)17-5-6-19(24-2)25-17/h5-6,13-16H,3-4,7-8,10-12H2,1-2H3,(H,21,23)/t13?,14?,15?,16-/m0/s1. The number of nitrogens with one attached hydrogen (secondary N) is 1. The number of carbonyl (C=O) groups is 1. The molecule has 3 rings (SSSR count). The number of methoxy groups -OCH3 is 1. The SMILES string of the molecule is COc1ccc([C@H](CCN2C3CCC2CC(C)C3)NC(=O)CC#N)s1. The van der Waals surface area contributed by atoms with Gasteiger partial charge in [-0.3, -0.25) is 9.69 Å². The van der Waals surface area contributed by atoms with E-state index in [0.717, 1.165) is 28.8 Å². The van der Waals surface area contributed by atoms with E-state index in [2.05, 4.69) is 17.1 Å². The lowest BCUT2D eigenvalue weighted by atomic mass is 9.92. The molecule has 6 heteroatoms. The van der Waals surface area contributed by atoms with Crippen LogP contribution >= 0.6 is 11.3 Å². The van der Waals surface area contributed by atoms with Crippen LogP contribution in [-0.4, -0.2) is 36.5 Å². The van der Waals surface area contributed by atoms with Crippen molar-refractivity contribution in [2.45, 2.75) is 63.6 Å². The molecule has 2 bridgehead atoms. The summed E-state index contributed by atoms with van der Waals surface area (Å²) in [5.74, 6) is 0.636. The molecule has 2 unspecified atom stereocenters. The molecule has 2 aliphatic rings. The average Bonchev–Trinajstić information content (AvgIpc) is 3.15. The van der Waals surface area contributed by atoms with E-state index < -0.39 is 0 Å². The van der Waals surface area contributed by atoms with Crippen molar-refractivity contribution in [3.8, 4) is 11.1 Å². The molecule has 0 radical (unpaired) electrons. The molecule has 3 atom stereocenters. The first-order chi connectivity index (χ1) is 12.1. The van der Waals surface area contributed by atoms with Crippen LogP contribution in [0.2, 0.25) is 0 Å². The lowest BCUT2D eigenvalue weighted by molar-refractivity contribution is -0.120. The Morgan fingerprint density at radius 1 is 1.44 bits per heavy atom. The van der Waals surface area contributed by atoms with Gasteiger partial charge in [0.1, 0.15) is 6.42 Å². The number of hydrogen-bond acceptors (Lipinski definition) is 5. The number of hydrogen-bond donors (Lipinski definition) is 1. The van der Waals surface area contributed by atoms with Gasteiger partial charge in [-0.25, -0.2) is 0 Å². The molecule has 2 aliphatic heterocycles. The summed E-state index contributed by atoms with van der Waals surface area (Å²) in [6, 6.07) is 7.27. The summed E-state index contributed by atoms with van der Waals surface area (Å²) < 4.78 is 5.29. The van der Waals surface area contributed by atoms with E-state index in [1.807, 2.05) is 18.2 Å². The highest BCUT2D eigenvalue weighted by molar-refractivity contribution is 7.13. The predicted octanol–water partition coefficient (Wildman–Crippen LogP) is 3.48. The Balaban J connectivity index is 1.65. The molecule has 2 fully saturated rings. The van der Waals surface area contributed by atoms with Crippen molar-refractivity contribution in [2.75, 3.05) is 13.7 Å². The van der Waals surface area contributed by atoms with E-state index in [1.54, 1.807) is 18.4 Å². The Bertz CT molecular complexity index is 625. The Morgan fingerprint density at radius 2 is 2.16 bits per heavy atom. The molecule has 5 nitrogen and oxygen atoms in total. The second-order valence-electron chi connectivity index (χ2n) is 7.30. The fourth-order valence-corrected chi connectivity index (χ4v) is 5.33. The van der Waals surface area contributed by atoms with Gasteiger partial charge in [0, 0.05) is 23.5 Å². The first-order valence-corrected chi connectivity index (χ1v) is 9.98. The molecule has 1 aromatic heterocycles. The van der Waals surface area contributed by atoms with E-state index in [9.17, 15) is 4.79 Å². The third kappa shape index (κ3) is 4.34. The summed E-state index contributed by atoms with van der Waals surface area (Å²) in [4.78, 5) is 15.7. The number of carbonyl (C=O) groups excluding carboxylic acids is 1. The van der Waals surface area contributed by atoms with Gasteiger partial charge in [0.15, 0.2) is 5.06 Å². The van der Waals surface area contributed by atoms with Gasteiger partial charge in [-0.15, -0.1) is 11.3 Å². The third-order valence-electron chi connectivity index (χ3n) is 5.52. The van der Waals surface area contributed by atoms with Crippen LogP contribution in [0.3, 0.4) is 0 Å². The second-order valence-corrected chi connectivity index (χ2v) is 8.38. The van der Waals surface area contributed by atoms with Crippen LogP contribution in [0.5, 0.6) is 5.06 Å². The topological polar surface area (TPSA) is 65.4 Å². The largest absolute Gasteiger partial charge is 0.487 e. The molecule has 1 N–H and O–H groups in total. The summed E-state index contributed by atoms with van der Waals surface area (Å²) in [6.07, 6.45) is 6.01. The van der Waals surface area contributed by atoms with Crippen LogP contribution in [-0.2, 0) is 4.79 Å². The second kappa shape index (κ2) is 8.20. The van der Waals surface area contributed by atoms with Crippen molar-refractivity contribution in [2.24, 2.45) is 5.92 Å². The third-order valence-corrected chi connectivity index (χ3v) is 6.68. The van der Waals surface area contributed by atoms with Gasteiger partial charge in [0.2, 0.25) is 5.91 Å². The number of thiophene rings is 1. The number of ether oxygens (including phenoxy) is 1. The molecule has 3 heterocycles. The van der Waals surface area contributed by atoms with Gasteiger partial charge in [-0.2, -0.15) is 5.26 Å². The predicted molar refractivity (Wildman–Crippen MR) is 98.5 cm³/mol. The van der Waals surface area contributed by atoms with Crippen molar-refractivity contribution < 1.29 is 9.53 Å². The fraction of sp³-hybridized carbons (Fsp3) is 0.684. The molecule has 136 valence electrons. The Morgan fingerprint density at radius 3 is 2.76 bits per heavy atom. The van der Waals surface area contributed by atoms with Crippen LogP contribution in [0.4, 0.5) is 0 Å². The molecule has 25 heavy (non-hydrogen) atoms. The number of rotatable bonds is 7. The molecule has 0 aromatic carbocycles. The molecule has 0 spiro atoms. The number of piperidine rings is 1. The quantitative estimate of drug-likeness (QED) is 0.807. The van der Waals surface area contributed by atoms with Crippen molar-refractivity contribution in [1.82, 2.24) is 10.2 Å². The van der Waals surface area contributed by atoms with E-state index >= 15 is 0 Å². The number of fused-ring (bicyclic) bond motifs is 2. The molecule has 1 aromatic rings. The van der Waals surface area contributed by atoms with Crippen LogP contribution < -0.4 is 10.1 Å². The summed E-state index contributed by atoms with van der Waals surface area (Å²) in [5, 5.41) is 12.6. The highest BCUT2D eigenvalue weighted by Crippen LogP contribution is 2.39. The summed E-state index contributed by atoms with van der Waals surface area (Å²) in [5.41, 5.74) is 0. The average molecular weight is 362 g/mol. The Labute approximate surface area is 154 Å². The van der Waals surface area contributed by atoms with Gasteiger partial charge in [0.05, 0.1) is 19.2 Å². The molecule has 2 saturated heterocycles. The maximum Gasteiger partial charge on any atom is 0.234 e. The molecule has 0 saturated carbocycles. The minimum atomic E-state index is -0.199.